The number of alkyl halides is 1. The minimum Gasteiger partial charge on any atom is -0.362 e. The first kappa shape index (κ1) is 14.4. The second kappa shape index (κ2) is 6.46. The third kappa shape index (κ3) is 3.04. The molecule has 1 aliphatic heterocycles. The summed E-state index contributed by atoms with van der Waals surface area (Å²) in [6.45, 7) is 3.09. The minimum absolute atomic E-state index is 0.356. The number of anilines is 1. The van der Waals surface area contributed by atoms with Crippen molar-refractivity contribution in [1.82, 2.24) is 9.88 Å². The summed E-state index contributed by atoms with van der Waals surface area (Å²) in [6.07, 6.45) is 3.73. The van der Waals surface area contributed by atoms with Gasteiger partial charge in [0.25, 0.3) is 0 Å². The zero-order chi connectivity index (χ0) is 14.7. The van der Waals surface area contributed by atoms with Crippen LogP contribution >= 0.6 is 11.6 Å². The van der Waals surface area contributed by atoms with Crippen LogP contribution in [0.25, 0.3) is 0 Å². The van der Waals surface area contributed by atoms with E-state index in [2.05, 4.69) is 58.2 Å². The molecular weight excluding hydrogens is 282 g/mol. The summed E-state index contributed by atoms with van der Waals surface area (Å²) >= 11 is 6.10. The lowest BCUT2D eigenvalue weighted by Gasteiger charge is -2.42. The summed E-state index contributed by atoms with van der Waals surface area (Å²) in [4.78, 5) is 9.05. The van der Waals surface area contributed by atoms with Gasteiger partial charge < -0.3 is 9.80 Å². The Hall–Kier alpha value is -1.58. The normalized spacial score (nSPS) is 19.7. The molecule has 0 bridgehead atoms. The highest BCUT2D eigenvalue weighted by Gasteiger charge is 2.27. The molecule has 21 heavy (non-hydrogen) atoms. The van der Waals surface area contributed by atoms with E-state index in [9.17, 15) is 0 Å². The largest absolute Gasteiger partial charge is 0.362 e. The van der Waals surface area contributed by atoms with Crippen LogP contribution in [0.15, 0.2) is 48.8 Å². The Kier molecular flexibility index (Phi) is 4.42. The van der Waals surface area contributed by atoms with Crippen LogP contribution < -0.4 is 4.90 Å². The van der Waals surface area contributed by atoms with Gasteiger partial charge in [0.2, 0.25) is 0 Å². The fourth-order valence-corrected chi connectivity index (χ4v) is 3.18. The van der Waals surface area contributed by atoms with E-state index < -0.39 is 0 Å². The summed E-state index contributed by atoms with van der Waals surface area (Å²) in [7, 11) is 2.18. The Bertz CT molecular complexity index is 588. The third-order valence-electron chi connectivity index (χ3n) is 4.10. The third-order valence-corrected chi connectivity index (χ3v) is 4.39. The van der Waals surface area contributed by atoms with Crippen LogP contribution in [0.3, 0.4) is 0 Å². The fraction of sp³-hybridized carbons (Fsp3) is 0.353. The summed E-state index contributed by atoms with van der Waals surface area (Å²) in [5.41, 5.74) is 3.66. The molecule has 2 aromatic rings. The van der Waals surface area contributed by atoms with Crippen LogP contribution in [0.5, 0.6) is 0 Å². The Labute approximate surface area is 131 Å². The second-order valence-electron chi connectivity index (χ2n) is 5.52. The van der Waals surface area contributed by atoms with Gasteiger partial charge in [0, 0.05) is 43.3 Å². The summed E-state index contributed by atoms with van der Waals surface area (Å²) in [5.74, 6) is 0.497. The van der Waals surface area contributed by atoms with Gasteiger partial charge in [-0.05, 0) is 18.7 Å². The van der Waals surface area contributed by atoms with Crippen molar-refractivity contribution in [3.8, 4) is 0 Å². The van der Waals surface area contributed by atoms with Gasteiger partial charge in [-0.25, -0.2) is 0 Å². The number of rotatable bonds is 3. The van der Waals surface area contributed by atoms with Crippen LogP contribution in [0.2, 0.25) is 0 Å². The van der Waals surface area contributed by atoms with Crippen molar-refractivity contribution in [2.75, 3.05) is 31.6 Å². The van der Waals surface area contributed by atoms with Crippen molar-refractivity contribution in [2.24, 2.45) is 0 Å². The number of aromatic nitrogens is 1. The quantitative estimate of drug-likeness (QED) is 0.811. The van der Waals surface area contributed by atoms with E-state index in [0.717, 1.165) is 25.2 Å². The molecule has 1 aromatic carbocycles. The van der Waals surface area contributed by atoms with E-state index in [1.165, 1.54) is 11.3 Å². The molecule has 1 unspecified atom stereocenters. The van der Waals surface area contributed by atoms with E-state index >= 15 is 0 Å². The molecule has 3 rings (SSSR count). The molecule has 0 amide bonds. The molecule has 0 spiro atoms. The number of benzene rings is 1. The highest BCUT2D eigenvalue weighted by Crippen LogP contribution is 2.32. The lowest BCUT2D eigenvalue weighted by molar-refractivity contribution is 0.269. The first-order valence-electron chi connectivity index (χ1n) is 7.28. The smallest absolute Gasteiger partial charge is 0.0670 e. The molecule has 1 atom stereocenters. The molecule has 110 valence electrons. The topological polar surface area (TPSA) is 19.4 Å². The SMILES string of the molecule is CN1CCN(c2ccncc2CCl)C(c2ccccc2)C1. The summed E-state index contributed by atoms with van der Waals surface area (Å²) in [5, 5.41) is 0. The zero-order valence-corrected chi connectivity index (χ0v) is 13.0. The molecule has 0 radical (unpaired) electrons. The average Bonchev–Trinajstić information content (AvgIpc) is 2.55. The highest BCUT2D eigenvalue weighted by molar-refractivity contribution is 6.17. The molecule has 1 saturated heterocycles. The number of nitrogens with zero attached hydrogens (tertiary/aromatic N) is 3. The molecule has 0 N–H and O–H groups in total. The van der Waals surface area contributed by atoms with Gasteiger partial charge >= 0.3 is 0 Å². The standard InChI is InChI=1S/C17H20ClN3/c1-20-9-10-21(16-7-8-19-12-15(16)11-18)17(13-20)14-5-3-2-4-6-14/h2-8,12,17H,9-11,13H2,1H3. The Morgan fingerprint density at radius 1 is 1.19 bits per heavy atom. The predicted molar refractivity (Wildman–Crippen MR) is 87.8 cm³/mol. The number of halogens is 1. The number of hydrogen-bond donors (Lipinski definition) is 0. The molecule has 1 aliphatic rings. The maximum atomic E-state index is 6.10. The van der Waals surface area contributed by atoms with E-state index in [-0.39, 0.29) is 0 Å². The van der Waals surface area contributed by atoms with Crippen LogP contribution in [-0.2, 0) is 5.88 Å². The van der Waals surface area contributed by atoms with Gasteiger partial charge in [0.05, 0.1) is 11.9 Å². The number of hydrogen-bond acceptors (Lipinski definition) is 3. The van der Waals surface area contributed by atoms with Crippen LogP contribution in [0.4, 0.5) is 5.69 Å². The van der Waals surface area contributed by atoms with E-state index in [1.807, 2.05) is 12.4 Å². The Morgan fingerprint density at radius 2 is 2.00 bits per heavy atom. The first-order valence-corrected chi connectivity index (χ1v) is 7.82. The second-order valence-corrected chi connectivity index (χ2v) is 5.79. The maximum absolute atomic E-state index is 6.10. The summed E-state index contributed by atoms with van der Waals surface area (Å²) < 4.78 is 0. The van der Waals surface area contributed by atoms with Crippen molar-refractivity contribution in [1.29, 1.82) is 0 Å². The van der Waals surface area contributed by atoms with Gasteiger partial charge in [0.1, 0.15) is 0 Å². The van der Waals surface area contributed by atoms with Crippen LogP contribution in [0, 0.1) is 0 Å². The monoisotopic (exact) mass is 301 g/mol. The number of piperazine rings is 1. The van der Waals surface area contributed by atoms with Gasteiger partial charge in [-0.2, -0.15) is 0 Å². The molecule has 1 aromatic heterocycles. The van der Waals surface area contributed by atoms with Crippen molar-refractivity contribution < 1.29 is 0 Å². The maximum Gasteiger partial charge on any atom is 0.0670 e. The number of pyridine rings is 1. The molecule has 0 aliphatic carbocycles. The lowest BCUT2D eigenvalue weighted by Crippen LogP contribution is -2.47. The first-order chi connectivity index (χ1) is 10.3. The highest BCUT2D eigenvalue weighted by atomic mass is 35.5. The molecule has 0 saturated carbocycles. The molecular formula is C17H20ClN3. The number of likely N-dealkylation sites (N-methyl/N-ethyl adjacent to an activating group) is 1. The van der Waals surface area contributed by atoms with Gasteiger partial charge in [0.15, 0.2) is 0 Å². The fourth-order valence-electron chi connectivity index (χ4n) is 2.97. The van der Waals surface area contributed by atoms with Crippen molar-refractivity contribution in [2.45, 2.75) is 11.9 Å². The van der Waals surface area contributed by atoms with Crippen LogP contribution in [-0.4, -0.2) is 36.6 Å². The molecule has 1 fully saturated rings. The van der Waals surface area contributed by atoms with Crippen molar-refractivity contribution >= 4 is 17.3 Å². The van der Waals surface area contributed by atoms with E-state index in [1.54, 1.807) is 0 Å². The van der Waals surface area contributed by atoms with Gasteiger partial charge in [-0.1, -0.05) is 30.3 Å². The Balaban J connectivity index is 1.98. The minimum atomic E-state index is 0.356. The van der Waals surface area contributed by atoms with Crippen molar-refractivity contribution in [3.63, 3.8) is 0 Å². The van der Waals surface area contributed by atoms with Crippen molar-refractivity contribution in [3.05, 3.63) is 59.9 Å². The molecule has 4 heteroatoms. The average molecular weight is 302 g/mol. The zero-order valence-electron chi connectivity index (χ0n) is 12.2. The van der Waals surface area contributed by atoms with E-state index in [4.69, 9.17) is 11.6 Å². The predicted octanol–water partition coefficient (Wildman–Crippen LogP) is 3.31. The lowest BCUT2D eigenvalue weighted by atomic mass is 10.0. The molecule has 2 heterocycles. The Morgan fingerprint density at radius 3 is 2.76 bits per heavy atom. The summed E-state index contributed by atoms with van der Waals surface area (Å²) in [6, 6.07) is 13.1. The molecule has 3 nitrogen and oxygen atoms in total. The van der Waals surface area contributed by atoms with Gasteiger partial charge in [-0.3, -0.25) is 4.98 Å². The van der Waals surface area contributed by atoms with E-state index in [0.29, 0.717) is 11.9 Å². The van der Waals surface area contributed by atoms with Gasteiger partial charge in [-0.15, -0.1) is 11.6 Å². The van der Waals surface area contributed by atoms with Crippen LogP contribution in [0.1, 0.15) is 17.2 Å².